The van der Waals surface area contributed by atoms with E-state index in [1.807, 2.05) is 0 Å². The normalized spacial score (nSPS) is 18.5. The fraction of sp³-hybridized carbons (Fsp3) is 0.412. The number of esters is 1. The number of tetrazole rings is 1. The number of methoxy groups -OCH3 is 1. The number of amides is 1. The first-order chi connectivity index (χ1) is 15.0. The summed E-state index contributed by atoms with van der Waals surface area (Å²) in [6.45, 7) is 0.354. The zero-order valence-electron chi connectivity index (χ0n) is 16.5. The van der Waals surface area contributed by atoms with Crippen LogP contribution < -0.4 is 4.74 Å². The van der Waals surface area contributed by atoms with E-state index in [0.717, 1.165) is 4.90 Å². The lowest BCUT2D eigenvalue weighted by Gasteiger charge is -2.35. The maximum Gasteiger partial charge on any atom is 0.408 e. The number of aromatic nitrogens is 8. The van der Waals surface area contributed by atoms with Gasteiger partial charge in [0.1, 0.15) is 30.4 Å². The highest BCUT2D eigenvalue weighted by Gasteiger charge is 2.38. The molecule has 4 heterocycles. The predicted octanol–water partition coefficient (Wildman–Crippen LogP) is 0.0843. The lowest BCUT2D eigenvalue weighted by molar-refractivity contribution is -0.148. The topological polar surface area (TPSA) is 163 Å². The van der Waals surface area contributed by atoms with Gasteiger partial charge in [-0.1, -0.05) is 0 Å². The van der Waals surface area contributed by atoms with Crippen LogP contribution in [0.5, 0.6) is 5.75 Å². The molecule has 2 unspecified atom stereocenters. The van der Waals surface area contributed by atoms with Crippen molar-refractivity contribution in [2.24, 2.45) is 0 Å². The number of pyridine rings is 1. The summed E-state index contributed by atoms with van der Waals surface area (Å²) in [5.41, 5.74) is 0.583. The number of likely N-dealkylation sites (tertiary alicyclic amines) is 1. The van der Waals surface area contributed by atoms with E-state index in [2.05, 4.69) is 30.7 Å². The molecular weight excluding hydrogens is 410 g/mol. The van der Waals surface area contributed by atoms with Gasteiger partial charge in [0.05, 0.1) is 25.5 Å². The first kappa shape index (κ1) is 20.2. The van der Waals surface area contributed by atoms with Gasteiger partial charge in [-0.25, -0.2) is 14.6 Å². The van der Waals surface area contributed by atoms with E-state index >= 15 is 0 Å². The van der Waals surface area contributed by atoms with Crippen LogP contribution >= 0.6 is 0 Å². The van der Waals surface area contributed by atoms with Crippen molar-refractivity contribution in [2.75, 3.05) is 13.7 Å². The molecule has 0 radical (unpaired) electrons. The number of hydrogen-bond acceptors (Lipinski definition) is 10. The van der Waals surface area contributed by atoms with Crippen LogP contribution in [0.1, 0.15) is 24.6 Å². The minimum Gasteiger partial charge on any atom is -0.486 e. The second kappa shape index (κ2) is 8.73. The molecule has 1 N–H and O–H groups in total. The Morgan fingerprint density at radius 1 is 1.29 bits per heavy atom. The third kappa shape index (κ3) is 4.41. The summed E-state index contributed by atoms with van der Waals surface area (Å²) < 4.78 is 11.9. The molecule has 14 heteroatoms. The van der Waals surface area contributed by atoms with Crippen molar-refractivity contribution in [3.63, 3.8) is 0 Å². The Morgan fingerprint density at radius 3 is 2.84 bits per heavy atom. The maximum atomic E-state index is 12.0. The van der Waals surface area contributed by atoms with Crippen LogP contribution in [-0.2, 0) is 16.1 Å². The highest BCUT2D eigenvalue weighted by atomic mass is 16.5. The van der Waals surface area contributed by atoms with Crippen molar-refractivity contribution in [2.45, 2.75) is 31.5 Å². The van der Waals surface area contributed by atoms with Gasteiger partial charge in [0.2, 0.25) is 0 Å². The fourth-order valence-corrected chi connectivity index (χ4v) is 3.31. The Labute approximate surface area is 175 Å². The number of carbonyl (C=O) groups is 2. The second-order valence-electron chi connectivity index (χ2n) is 6.74. The standard InChI is InChI=1S/C17H19N9O5/c1-30-16(27)14-6-12(4-5-24(14)17(28)29)26-20-7-11(21-26)9-31-13-2-3-15(18-8-13)25-10-19-22-23-25/h2-3,7-8,10,12,14H,4-6,9H2,1H3,(H,28,29). The quantitative estimate of drug-likeness (QED) is 0.528. The molecule has 162 valence electrons. The van der Waals surface area contributed by atoms with E-state index < -0.39 is 18.1 Å². The highest BCUT2D eigenvalue weighted by Crippen LogP contribution is 2.27. The number of piperidine rings is 1. The number of nitrogens with zero attached hydrogens (tertiary/aromatic N) is 9. The number of ether oxygens (including phenoxy) is 2. The van der Waals surface area contributed by atoms with Crippen LogP contribution in [0.4, 0.5) is 4.79 Å². The van der Waals surface area contributed by atoms with Crippen LogP contribution in [-0.4, -0.2) is 82.0 Å². The van der Waals surface area contributed by atoms with E-state index in [0.29, 0.717) is 23.7 Å². The van der Waals surface area contributed by atoms with E-state index in [9.17, 15) is 14.7 Å². The summed E-state index contributed by atoms with van der Waals surface area (Å²) in [6.07, 6.45) is 4.11. The van der Waals surface area contributed by atoms with Gasteiger partial charge in [0.25, 0.3) is 0 Å². The Bertz CT molecular complexity index is 1040. The summed E-state index contributed by atoms with van der Waals surface area (Å²) in [5.74, 6) is 0.489. The van der Waals surface area contributed by atoms with Crippen LogP contribution in [0, 0.1) is 0 Å². The van der Waals surface area contributed by atoms with E-state index in [1.165, 1.54) is 22.9 Å². The summed E-state index contributed by atoms with van der Waals surface area (Å²) >= 11 is 0. The van der Waals surface area contributed by atoms with Gasteiger partial charge in [-0.05, 0) is 29.0 Å². The van der Waals surface area contributed by atoms with E-state index in [1.54, 1.807) is 24.5 Å². The molecular formula is C17H19N9O5. The average Bonchev–Trinajstić information content (AvgIpc) is 3.49. The van der Waals surface area contributed by atoms with Crippen LogP contribution in [0.25, 0.3) is 5.82 Å². The largest absolute Gasteiger partial charge is 0.486 e. The third-order valence-electron chi connectivity index (χ3n) is 4.87. The molecule has 3 aromatic rings. The zero-order chi connectivity index (χ0) is 21.8. The average molecular weight is 429 g/mol. The number of carbonyl (C=O) groups excluding carboxylic acids is 1. The molecule has 1 amide bonds. The van der Waals surface area contributed by atoms with Crippen molar-refractivity contribution in [1.82, 2.24) is 45.1 Å². The van der Waals surface area contributed by atoms with Crippen molar-refractivity contribution in [3.8, 4) is 11.6 Å². The fourth-order valence-electron chi connectivity index (χ4n) is 3.31. The first-order valence-electron chi connectivity index (χ1n) is 9.35. The van der Waals surface area contributed by atoms with Gasteiger partial charge >= 0.3 is 12.1 Å². The van der Waals surface area contributed by atoms with Gasteiger partial charge in [-0.2, -0.15) is 19.7 Å². The van der Waals surface area contributed by atoms with E-state index in [-0.39, 0.29) is 25.6 Å². The maximum absolute atomic E-state index is 12.0. The molecule has 1 saturated heterocycles. The van der Waals surface area contributed by atoms with Crippen LogP contribution in [0.15, 0.2) is 30.9 Å². The number of hydrogen-bond donors (Lipinski definition) is 1. The lowest BCUT2D eigenvalue weighted by Crippen LogP contribution is -2.50. The molecule has 1 fully saturated rings. The molecule has 0 aliphatic carbocycles. The van der Waals surface area contributed by atoms with Crippen molar-refractivity contribution < 1.29 is 24.2 Å². The van der Waals surface area contributed by atoms with Gasteiger partial charge < -0.3 is 14.6 Å². The molecule has 0 aromatic carbocycles. The van der Waals surface area contributed by atoms with Crippen molar-refractivity contribution in [1.29, 1.82) is 0 Å². The van der Waals surface area contributed by atoms with Crippen LogP contribution in [0.3, 0.4) is 0 Å². The monoisotopic (exact) mass is 429 g/mol. The molecule has 0 saturated carbocycles. The Hall–Kier alpha value is -4.10. The molecule has 3 aromatic heterocycles. The molecule has 0 bridgehead atoms. The summed E-state index contributed by atoms with van der Waals surface area (Å²) in [6, 6.07) is 2.32. The summed E-state index contributed by atoms with van der Waals surface area (Å²) in [7, 11) is 1.23. The molecule has 1 aliphatic heterocycles. The first-order valence-corrected chi connectivity index (χ1v) is 9.35. The smallest absolute Gasteiger partial charge is 0.408 e. The zero-order valence-corrected chi connectivity index (χ0v) is 16.5. The summed E-state index contributed by atoms with van der Waals surface area (Å²) in [4.78, 5) is 30.2. The number of carboxylic acid groups (broad SMARTS) is 1. The summed E-state index contributed by atoms with van der Waals surface area (Å²) in [5, 5.41) is 28.8. The molecule has 14 nitrogen and oxygen atoms in total. The Balaban J connectivity index is 1.37. The molecule has 1 aliphatic rings. The van der Waals surface area contributed by atoms with Gasteiger partial charge in [-0.15, -0.1) is 5.10 Å². The molecule has 31 heavy (non-hydrogen) atoms. The highest BCUT2D eigenvalue weighted by molar-refractivity contribution is 5.81. The third-order valence-corrected chi connectivity index (χ3v) is 4.87. The second-order valence-corrected chi connectivity index (χ2v) is 6.74. The van der Waals surface area contributed by atoms with Crippen molar-refractivity contribution >= 4 is 12.1 Å². The van der Waals surface area contributed by atoms with E-state index in [4.69, 9.17) is 9.47 Å². The lowest BCUT2D eigenvalue weighted by atomic mass is 9.98. The molecule has 0 spiro atoms. The SMILES string of the molecule is COC(=O)C1CC(n2ncc(COc3ccc(-n4cnnn4)nc3)n2)CCN1C(=O)O. The van der Waals surface area contributed by atoms with Crippen LogP contribution in [0.2, 0.25) is 0 Å². The minimum atomic E-state index is -1.16. The van der Waals surface area contributed by atoms with Crippen molar-refractivity contribution in [3.05, 3.63) is 36.5 Å². The molecule has 4 rings (SSSR count). The minimum absolute atomic E-state index is 0.167. The van der Waals surface area contributed by atoms with Gasteiger partial charge in [-0.3, -0.25) is 4.90 Å². The van der Waals surface area contributed by atoms with Gasteiger partial charge in [0, 0.05) is 13.0 Å². The number of rotatable bonds is 6. The molecule has 2 atom stereocenters. The Kier molecular flexibility index (Phi) is 5.68. The Morgan fingerprint density at radius 2 is 2.16 bits per heavy atom. The predicted molar refractivity (Wildman–Crippen MR) is 100 cm³/mol. The van der Waals surface area contributed by atoms with Gasteiger partial charge in [0.15, 0.2) is 5.82 Å².